The van der Waals surface area contributed by atoms with Gasteiger partial charge in [-0.3, -0.25) is 9.78 Å². The van der Waals surface area contributed by atoms with Crippen molar-refractivity contribution in [2.24, 2.45) is 0 Å². The maximum atomic E-state index is 13.9. The maximum Gasteiger partial charge on any atom is 0.250 e. The molecule has 3 aromatic rings. The predicted molar refractivity (Wildman–Crippen MR) is 172 cm³/mol. The molecule has 1 fully saturated rings. The van der Waals surface area contributed by atoms with Gasteiger partial charge < -0.3 is 34.8 Å². The minimum atomic E-state index is -0.548. The number of phenols is 1. The molecule has 8 rings (SSSR count). The van der Waals surface area contributed by atoms with Crippen molar-refractivity contribution >= 4 is 39.7 Å². The molecule has 6 heterocycles. The molecule has 4 unspecified atom stereocenters. The van der Waals surface area contributed by atoms with Crippen LogP contribution in [0.25, 0.3) is 10.8 Å². The fraction of sp³-hybridized carbons (Fsp3) is 0.382. The second-order valence-electron chi connectivity index (χ2n) is 12.5. The van der Waals surface area contributed by atoms with Crippen LogP contribution in [0.1, 0.15) is 37.1 Å². The third-order valence-corrected chi connectivity index (χ3v) is 10.3. The first-order valence-corrected chi connectivity index (χ1v) is 15.8. The number of anilines is 2. The summed E-state index contributed by atoms with van der Waals surface area (Å²) in [5.74, 6) is 0.204. The second-order valence-corrected chi connectivity index (χ2v) is 12.9. The van der Waals surface area contributed by atoms with Crippen LogP contribution in [-0.2, 0) is 9.53 Å². The number of aromatic hydroxyl groups is 1. The molecule has 1 aromatic heterocycles. The fourth-order valence-corrected chi connectivity index (χ4v) is 8.17. The second kappa shape index (κ2) is 10.4. The van der Waals surface area contributed by atoms with Gasteiger partial charge in [0.25, 0.3) is 5.91 Å². The lowest BCUT2D eigenvalue weighted by atomic mass is 9.87. The zero-order chi connectivity index (χ0) is 31.1. The largest absolute Gasteiger partial charge is 0.508 e. The van der Waals surface area contributed by atoms with Crippen LogP contribution in [-0.4, -0.2) is 77.3 Å². The number of halogens is 1. The number of rotatable bonds is 2. The van der Waals surface area contributed by atoms with E-state index in [1.54, 1.807) is 17.0 Å². The van der Waals surface area contributed by atoms with Crippen LogP contribution >= 0.6 is 11.6 Å². The van der Waals surface area contributed by atoms with Crippen LogP contribution in [0, 0.1) is 18.3 Å². The molecule has 0 spiro atoms. The number of hydrogen-bond donors (Lipinski definition) is 2. The van der Waals surface area contributed by atoms with Crippen LogP contribution in [0.4, 0.5) is 11.4 Å². The van der Waals surface area contributed by atoms with Gasteiger partial charge in [-0.15, -0.1) is 0 Å². The number of nitriles is 1. The van der Waals surface area contributed by atoms with Gasteiger partial charge in [-0.25, -0.2) is 0 Å². The molecular weight excluding hydrogens is 590 g/mol. The van der Waals surface area contributed by atoms with E-state index in [1.807, 2.05) is 44.4 Å². The molecule has 0 aliphatic carbocycles. The van der Waals surface area contributed by atoms with Crippen LogP contribution < -0.4 is 15.1 Å². The molecule has 11 heteroatoms. The van der Waals surface area contributed by atoms with E-state index in [9.17, 15) is 15.2 Å². The van der Waals surface area contributed by atoms with Crippen LogP contribution in [0.5, 0.6) is 5.75 Å². The van der Waals surface area contributed by atoms with Gasteiger partial charge in [0.05, 0.1) is 52.5 Å². The standard InChI is InChI=1S/C34H34ClN7O3/c1-18-8-11-37-29-19(2)45-34-32-31(41-16-21(7-10-36)38-15-26(41)33(44)39(32)3)23-9-12-40(17-27(23)42(34)30(18)29)25-14-22(43)13-20-5-4-6-24(35)28(20)25/h4-6,8,11,13-14,19,21,26,34,38,43H,7,9,12,15-17H2,1-3H3. The van der Waals surface area contributed by atoms with E-state index >= 15 is 0 Å². The van der Waals surface area contributed by atoms with E-state index in [0.29, 0.717) is 44.0 Å². The zero-order valence-corrected chi connectivity index (χ0v) is 26.2. The topological polar surface area (TPSA) is 108 Å². The Morgan fingerprint density at radius 3 is 2.93 bits per heavy atom. The summed E-state index contributed by atoms with van der Waals surface area (Å²) in [7, 11) is 1.86. The summed E-state index contributed by atoms with van der Waals surface area (Å²) in [4.78, 5) is 27.3. The highest BCUT2D eigenvalue weighted by Crippen LogP contribution is 2.51. The Morgan fingerprint density at radius 2 is 2.11 bits per heavy atom. The summed E-state index contributed by atoms with van der Waals surface area (Å²) in [5, 5.41) is 26.1. The molecule has 230 valence electrons. The Hall–Kier alpha value is -4.30. The number of carbonyl (C=O) groups is 1. The van der Waals surface area contributed by atoms with E-state index in [0.717, 1.165) is 50.5 Å². The number of hydrogen-bond acceptors (Lipinski definition) is 9. The van der Waals surface area contributed by atoms with Crippen molar-refractivity contribution in [3.05, 3.63) is 81.5 Å². The summed E-state index contributed by atoms with van der Waals surface area (Å²) >= 11 is 6.78. The smallest absolute Gasteiger partial charge is 0.250 e. The molecule has 1 amide bonds. The van der Waals surface area contributed by atoms with Crippen molar-refractivity contribution in [3.63, 3.8) is 0 Å². The van der Waals surface area contributed by atoms with E-state index in [1.165, 1.54) is 5.57 Å². The van der Waals surface area contributed by atoms with Crippen molar-refractivity contribution in [1.29, 1.82) is 5.26 Å². The summed E-state index contributed by atoms with van der Waals surface area (Å²) in [6, 6.07) is 13.2. The minimum Gasteiger partial charge on any atom is -0.508 e. The molecular formula is C34H34ClN7O3. The quantitative estimate of drug-likeness (QED) is 0.425. The van der Waals surface area contributed by atoms with Gasteiger partial charge in [0.2, 0.25) is 0 Å². The first-order valence-electron chi connectivity index (χ1n) is 15.4. The molecule has 4 atom stereocenters. The summed E-state index contributed by atoms with van der Waals surface area (Å²) in [6.07, 6.45) is 2.05. The monoisotopic (exact) mass is 623 g/mol. The van der Waals surface area contributed by atoms with Crippen molar-refractivity contribution in [2.75, 3.05) is 43.0 Å². The number of allylic oxidation sites excluding steroid dienone is 1. The number of aryl methyl sites for hydroxylation is 1. The fourth-order valence-electron chi connectivity index (χ4n) is 7.90. The summed E-state index contributed by atoms with van der Waals surface area (Å²) in [5.41, 5.74) is 7.95. The van der Waals surface area contributed by atoms with Crippen molar-refractivity contribution in [2.45, 2.75) is 51.1 Å². The lowest BCUT2D eigenvalue weighted by molar-refractivity contribution is -0.138. The van der Waals surface area contributed by atoms with Gasteiger partial charge in [0.15, 0.2) is 6.23 Å². The van der Waals surface area contributed by atoms with E-state index in [2.05, 4.69) is 33.0 Å². The number of nitrogens with one attached hydrogen (secondary N) is 1. The number of pyridine rings is 1. The first kappa shape index (κ1) is 28.2. The van der Waals surface area contributed by atoms with E-state index in [-0.39, 0.29) is 29.8 Å². The molecule has 2 N–H and O–H groups in total. The number of benzene rings is 2. The average molecular weight is 624 g/mol. The number of fused-ring (bicyclic) bond motifs is 9. The molecule has 1 saturated heterocycles. The van der Waals surface area contributed by atoms with Crippen molar-refractivity contribution < 1.29 is 14.6 Å². The Kier molecular flexibility index (Phi) is 6.50. The number of phenolic OH excluding ortho intramolecular Hbond substituents is 1. The number of amides is 1. The molecule has 2 aromatic carbocycles. The molecule has 0 bridgehead atoms. The van der Waals surface area contributed by atoms with Crippen LogP contribution in [0.3, 0.4) is 0 Å². The first-order chi connectivity index (χ1) is 21.8. The highest BCUT2D eigenvalue weighted by Gasteiger charge is 2.52. The Labute approximate surface area is 266 Å². The Morgan fingerprint density at radius 1 is 1.27 bits per heavy atom. The molecule has 5 aliphatic heterocycles. The number of carbonyl (C=O) groups excluding carboxylic acids is 1. The summed E-state index contributed by atoms with van der Waals surface area (Å²) in [6.45, 7) is 6.37. The lowest BCUT2D eigenvalue weighted by Crippen LogP contribution is -2.67. The highest BCUT2D eigenvalue weighted by molar-refractivity contribution is 6.36. The molecule has 45 heavy (non-hydrogen) atoms. The molecule has 0 saturated carbocycles. The number of piperazine rings is 1. The van der Waals surface area contributed by atoms with Gasteiger partial charge >= 0.3 is 0 Å². The SMILES string of the molecule is Cc1ccnc2c1N1C3=C(CCN(c4cc(O)cc5cccc(Cl)c45)C3)C3=C(C1OC2C)N(C)C(=O)C1CNC(CC#N)CN31. The van der Waals surface area contributed by atoms with E-state index < -0.39 is 6.23 Å². The van der Waals surface area contributed by atoms with Gasteiger partial charge in [-0.05, 0) is 49.4 Å². The third-order valence-electron chi connectivity index (χ3n) is 9.95. The van der Waals surface area contributed by atoms with Crippen molar-refractivity contribution in [1.82, 2.24) is 20.1 Å². The third kappa shape index (κ3) is 4.14. The van der Waals surface area contributed by atoms with Crippen LogP contribution in [0.15, 0.2) is 65.3 Å². The predicted octanol–water partition coefficient (Wildman–Crippen LogP) is 4.54. The highest BCUT2D eigenvalue weighted by atomic mass is 35.5. The molecule has 0 radical (unpaired) electrons. The number of likely N-dealkylation sites (N-methyl/N-ethyl adjacent to an activating group) is 1. The minimum absolute atomic E-state index is 0.0175. The summed E-state index contributed by atoms with van der Waals surface area (Å²) < 4.78 is 6.82. The number of ether oxygens (including phenoxy) is 1. The molecule has 10 nitrogen and oxygen atoms in total. The van der Waals surface area contributed by atoms with Gasteiger partial charge in [-0.2, -0.15) is 5.26 Å². The number of aromatic nitrogens is 1. The zero-order valence-electron chi connectivity index (χ0n) is 25.4. The number of nitrogens with zero attached hydrogens (tertiary/aromatic N) is 6. The maximum absolute atomic E-state index is 13.9. The van der Waals surface area contributed by atoms with Gasteiger partial charge in [0, 0.05) is 61.6 Å². The Balaban J connectivity index is 1.34. The van der Waals surface area contributed by atoms with Gasteiger partial charge in [-0.1, -0.05) is 23.7 Å². The lowest BCUT2D eigenvalue weighted by Gasteiger charge is -2.56. The normalized spacial score (nSPS) is 25.9. The van der Waals surface area contributed by atoms with E-state index in [4.69, 9.17) is 21.3 Å². The Bertz CT molecular complexity index is 1880. The molecule has 5 aliphatic rings. The average Bonchev–Trinajstić information content (AvgIpc) is 3.03. The van der Waals surface area contributed by atoms with Crippen molar-refractivity contribution in [3.8, 4) is 11.8 Å². The van der Waals surface area contributed by atoms with Crippen LogP contribution in [0.2, 0.25) is 5.02 Å². The van der Waals surface area contributed by atoms with Gasteiger partial charge in [0.1, 0.15) is 17.9 Å².